The summed E-state index contributed by atoms with van der Waals surface area (Å²) in [5, 5.41) is 8.96. The molecule has 1 fully saturated rings. The zero-order valence-corrected chi connectivity index (χ0v) is 10.5. The van der Waals surface area contributed by atoms with E-state index in [1.54, 1.807) is 29.2 Å². The normalized spacial score (nSPS) is 15.1. The number of carbonyl (C=O) groups excluding carboxylic acids is 1. The van der Waals surface area contributed by atoms with Crippen LogP contribution < -0.4 is 4.90 Å². The van der Waals surface area contributed by atoms with Gasteiger partial charge in [0, 0.05) is 18.8 Å². The molecule has 0 unspecified atom stereocenters. The number of amides is 2. The first-order valence-corrected chi connectivity index (χ1v) is 6.09. The highest BCUT2D eigenvalue weighted by molar-refractivity contribution is 5.96. The molecule has 0 atom stereocenters. The molecule has 1 saturated heterocycles. The van der Waals surface area contributed by atoms with Gasteiger partial charge in [0.2, 0.25) is 0 Å². The Hall–Kier alpha value is -2.08. The Morgan fingerprint density at radius 1 is 1.21 bits per heavy atom. The van der Waals surface area contributed by atoms with Gasteiger partial charge in [-0.15, -0.1) is 0 Å². The summed E-state index contributed by atoms with van der Waals surface area (Å²) in [6.45, 7) is 1.60. The van der Waals surface area contributed by atoms with E-state index >= 15 is 0 Å². The number of anilines is 1. The SMILES string of the molecule is O=C(O)CN(C(=O)N1CCOCC1)c1ccccc1. The highest BCUT2D eigenvalue weighted by Crippen LogP contribution is 2.16. The van der Waals surface area contributed by atoms with Crippen LogP contribution >= 0.6 is 0 Å². The highest BCUT2D eigenvalue weighted by atomic mass is 16.5. The quantitative estimate of drug-likeness (QED) is 0.885. The molecule has 1 heterocycles. The Bertz CT molecular complexity index is 443. The van der Waals surface area contributed by atoms with Crippen molar-refractivity contribution in [3.8, 4) is 0 Å². The minimum Gasteiger partial charge on any atom is -0.480 e. The third-order valence-electron chi connectivity index (χ3n) is 2.87. The smallest absolute Gasteiger partial charge is 0.325 e. The van der Waals surface area contributed by atoms with E-state index < -0.39 is 5.97 Å². The van der Waals surface area contributed by atoms with Gasteiger partial charge in [0.25, 0.3) is 0 Å². The van der Waals surface area contributed by atoms with Gasteiger partial charge < -0.3 is 14.7 Å². The molecule has 6 heteroatoms. The van der Waals surface area contributed by atoms with Gasteiger partial charge in [-0.05, 0) is 12.1 Å². The summed E-state index contributed by atoms with van der Waals surface area (Å²) in [7, 11) is 0. The van der Waals surface area contributed by atoms with Gasteiger partial charge in [0.1, 0.15) is 6.54 Å². The second-order valence-corrected chi connectivity index (χ2v) is 4.20. The fourth-order valence-corrected chi connectivity index (χ4v) is 1.94. The number of aliphatic carboxylic acids is 1. The van der Waals surface area contributed by atoms with Crippen LogP contribution in [0.2, 0.25) is 0 Å². The van der Waals surface area contributed by atoms with Crippen molar-refractivity contribution < 1.29 is 19.4 Å². The Balaban J connectivity index is 2.17. The van der Waals surface area contributed by atoms with Gasteiger partial charge in [-0.2, -0.15) is 0 Å². The Morgan fingerprint density at radius 2 is 1.84 bits per heavy atom. The number of urea groups is 1. The molecule has 1 aliphatic rings. The summed E-state index contributed by atoms with van der Waals surface area (Å²) >= 11 is 0. The van der Waals surface area contributed by atoms with E-state index in [0.29, 0.717) is 32.0 Å². The van der Waals surface area contributed by atoms with Gasteiger partial charge in [-0.25, -0.2) is 4.79 Å². The maximum Gasteiger partial charge on any atom is 0.325 e. The van der Waals surface area contributed by atoms with E-state index in [-0.39, 0.29) is 12.6 Å². The molecule has 0 aromatic heterocycles. The molecule has 2 amide bonds. The number of carbonyl (C=O) groups is 2. The molecule has 1 aromatic rings. The van der Waals surface area contributed by atoms with Crippen molar-refractivity contribution in [2.75, 3.05) is 37.7 Å². The molecular formula is C13H16N2O4. The standard InChI is InChI=1S/C13H16N2O4/c16-12(17)10-15(11-4-2-1-3-5-11)13(18)14-6-8-19-9-7-14/h1-5H,6-10H2,(H,16,17). The molecule has 0 bridgehead atoms. The van der Waals surface area contributed by atoms with Crippen LogP contribution in [0.25, 0.3) is 0 Å². The summed E-state index contributed by atoms with van der Waals surface area (Å²) in [4.78, 5) is 26.2. The monoisotopic (exact) mass is 264 g/mol. The number of carboxylic acids is 1. The van der Waals surface area contributed by atoms with E-state index in [4.69, 9.17) is 9.84 Å². The number of ether oxygens (including phenoxy) is 1. The zero-order valence-electron chi connectivity index (χ0n) is 10.5. The predicted molar refractivity (Wildman–Crippen MR) is 69.2 cm³/mol. The summed E-state index contributed by atoms with van der Waals surface area (Å²) in [5.41, 5.74) is 0.585. The number of benzene rings is 1. The van der Waals surface area contributed by atoms with Crippen molar-refractivity contribution in [1.29, 1.82) is 0 Å². The zero-order chi connectivity index (χ0) is 13.7. The third-order valence-corrected chi connectivity index (χ3v) is 2.87. The van der Waals surface area contributed by atoms with Crippen LogP contribution in [0, 0.1) is 0 Å². The second-order valence-electron chi connectivity index (χ2n) is 4.20. The molecular weight excluding hydrogens is 248 g/mol. The highest BCUT2D eigenvalue weighted by Gasteiger charge is 2.25. The number of nitrogens with zero attached hydrogens (tertiary/aromatic N) is 2. The van der Waals surface area contributed by atoms with E-state index in [1.165, 1.54) is 4.90 Å². The van der Waals surface area contributed by atoms with E-state index in [1.807, 2.05) is 6.07 Å². The lowest BCUT2D eigenvalue weighted by atomic mass is 10.3. The average molecular weight is 264 g/mol. The molecule has 102 valence electrons. The van der Waals surface area contributed by atoms with Crippen LogP contribution in [-0.2, 0) is 9.53 Å². The van der Waals surface area contributed by atoms with E-state index in [9.17, 15) is 9.59 Å². The van der Waals surface area contributed by atoms with Crippen molar-refractivity contribution in [1.82, 2.24) is 4.90 Å². The fraction of sp³-hybridized carbons (Fsp3) is 0.385. The van der Waals surface area contributed by atoms with Gasteiger partial charge in [-0.1, -0.05) is 18.2 Å². The summed E-state index contributed by atoms with van der Waals surface area (Å²) in [6.07, 6.45) is 0. The predicted octanol–water partition coefficient (Wildman–Crippen LogP) is 1.03. The summed E-state index contributed by atoms with van der Waals surface area (Å²) in [6, 6.07) is 8.52. The first-order chi connectivity index (χ1) is 9.18. The number of morpholine rings is 1. The number of carboxylic acid groups (broad SMARTS) is 1. The van der Waals surface area contributed by atoms with Crippen molar-refractivity contribution in [2.45, 2.75) is 0 Å². The molecule has 0 saturated carbocycles. The van der Waals surface area contributed by atoms with E-state index in [2.05, 4.69) is 0 Å². The second kappa shape index (κ2) is 6.19. The van der Waals surface area contributed by atoms with Crippen molar-refractivity contribution >= 4 is 17.7 Å². The first-order valence-electron chi connectivity index (χ1n) is 6.09. The van der Waals surface area contributed by atoms with Gasteiger partial charge in [0.15, 0.2) is 0 Å². The number of rotatable bonds is 3. The summed E-state index contributed by atoms with van der Waals surface area (Å²) in [5.74, 6) is -1.04. The van der Waals surface area contributed by atoms with Crippen molar-refractivity contribution in [2.24, 2.45) is 0 Å². The van der Waals surface area contributed by atoms with Gasteiger partial charge in [0.05, 0.1) is 13.2 Å². The average Bonchev–Trinajstić information content (AvgIpc) is 2.46. The molecule has 0 radical (unpaired) electrons. The van der Waals surface area contributed by atoms with Crippen LogP contribution in [0.4, 0.5) is 10.5 Å². The van der Waals surface area contributed by atoms with Crippen LogP contribution in [-0.4, -0.2) is 54.9 Å². The molecule has 0 aliphatic carbocycles. The molecule has 2 rings (SSSR count). The third kappa shape index (κ3) is 3.45. The lowest BCUT2D eigenvalue weighted by Crippen LogP contribution is -2.49. The maximum atomic E-state index is 12.4. The molecule has 1 N–H and O–H groups in total. The topological polar surface area (TPSA) is 70.1 Å². The van der Waals surface area contributed by atoms with Crippen LogP contribution in [0.15, 0.2) is 30.3 Å². The molecule has 0 spiro atoms. The van der Waals surface area contributed by atoms with Crippen LogP contribution in [0.3, 0.4) is 0 Å². The van der Waals surface area contributed by atoms with Crippen LogP contribution in [0.1, 0.15) is 0 Å². The molecule has 6 nitrogen and oxygen atoms in total. The lowest BCUT2D eigenvalue weighted by molar-refractivity contribution is -0.135. The Labute approximate surface area is 111 Å². The number of para-hydroxylation sites is 1. The van der Waals surface area contributed by atoms with Crippen molar-refractivity contribution in [3.05, 3.63) is 30.3 Å². The largest absolute Gasteiger partial charge is 0.480 e. The molecule has 1 aliphatic heterocycles. The minimum absolute atomic E-state index is 0.295. The maximum absolute atomic E-state index is 12.4. The number of hydrogen-bond acceptors (Lipinski definition) is 3. The van der Waals surface area contributed by atoms with Crippen LogP contribution in [0.5, 0.6) is 0 Å². The van der Waals surface area contributed by atoms with E-state index in [0.717, 1.165) is 0 Å². The minimum atomic E-state index is -1.04. The molecule has 19 heavy (non-hydrogen) atoms. The van der Waals surface area contributed by atoms with Gasteiger partial charge >= 0.3 is 12.0 Å². The number of hydrogen-bond donors (Lipinski definition) is 1. The first kappa shape index (κ1) is 13.4. The fourth-order valence-electron chi connectivity index (χ4n) is 1.94. The van der Waals surface area contributed by atoms with Crippen molar-refractivity contribution in [3.63, 3.8) is 0 Å². The molecule has 1 aromatic carbocycles. The van der Waals surface area contributed by atoms with Gasteiger partial charge in [-0.3, -0.25) is 9.69 Å². The summed E-state index contributed by atoms with van der Waals surface area (Å²) < 4.78 is 5.19. The Morgan fingerprint density at radius 3 is 2.42 bits per heavy atom. The lowest BCUT2D eigenvalue weighted by Gasteiger charge is -2.32. The Kier molecular flexibility index (Phi) is 4.35.